The number of rotatable bonds is 7. The number of hydrogen-bond donors (Lipinski definition) is 2. The topological polar surface area (TPSA) is 118 Å². The van der Waals surface area contributed by atoms with Gasteiger partial charge in [-0.3, -0.25) is 14.9 Å². The third-order valence-electron chi connectivity index (χ3n) is 6.56. The van der Waals surface area contributed by atoms with Gasteiger partial charge in [0.25, 0.3) is 11.5 Å². The van der Waals surface area contributed by atoms with Crippen molar-refractivity contribution in [1.82, 2.24) is 30.2 Å². The first-order valence-electron chi connectivity index (χ1n) is 11.8. The summed E-state index contributed by atoms with van der Waals surface area (Å²) in [5, 5.41) is 17.2. The molecular formula is C26H27N7O2. The van der Waals surface area contributed by atoms with Gasteiger partial charge in [-0.15, -0.1) is 10.2 Å². The van der Waals surface area contributed by atoms with Gasteiger partial charge in [0.05, 0.1) is 0 Å². The zero-order valence-electron chi connectivity index (χ0n) is 20.0. The van der Waals surface area contributed by atoms with Gasteiger partial charge in [0.1, 0.15) is 5.54 Å². The number of amides is 1. The lowest BCUT2D eigenvalue weighted by atomic mass is 9.95. The first-order chi connectivity index (χ1) is 16.9. The molecule has 0 saturated heterocycles. The number of carbonyl (C=O) groups excluding carboxylic acids is 1. The Labute approximate surface area is 202 Å². The van der Waals surface area contributed by atoms with Crippen LogP contribution >= 0.6 is 0 Å². The van der Waals surface area contributed by atoms with E-state index >= 15 is 0 Å². The van der Waals surface area contributed by atoms with Crippen molar-refractivity contribution in [2.75, 3.05) is 5.32 Å². The highest BCUT2D eigenvalue weighted by atomic mass is 16.2. The summed E-state index contributed by atoms with van der Waals surface area (Å²) in [6, 6.07) is 16.0. The van der Waals surface area contributed by atoms with Crippen LogP contribution in [0.5, 0.6) is 0 Å². The number of tetrazole rings is 1. The van der Waals surface area contributed by atoms with Crippen molar-refractivity contribution in [2.45, 2.75) is 52.0 Å². The molecule has 5 rings (SSSR count). The molecule has 0 atom stereocenters. The summed E-state index contributed by atoms with van der Waals surface area (Å²) < 4.78 is 1.91. The number of aromatic amines is 1. The SMILES string of the molecule is CCCCc1c(Cc2ccc(-c3ccccc3-c3nn[nH]n3)cc2)c(=O)nc2n1C(C)(C)C(=O)N2. The van der Waals surface area contributed by atoms with E-state index in [-0.39, 0.29) is 11.5 Å². The molecule has 0 spiro atoms. The fourth-order valence-electron chi connectivity index (χ4n) is 4.64. The summed E-state index contributed by atoms with van der Waals surface area (Å²) in [5.74, 6) is 0.727. The van der Waals surface area contributed by atoms with Crippen molar-refractivity contribution < 1.29 is 4.79 Å². The molecule has 2 N–H and O–H groups in total. The number of nitrogens with one attached hydrogen (secondary N) is 2. The minimum Gasteiger partial charge on any atom is -0.301 e. The molecule has 0 aliphatic carbocycles. The molecule has 9 nitrogen and oxygen atoms in total. The van der Waals surface area contributed by atoms with Gasteiger partial charge in [-0.2, -0.15) is 10.2 Å². The van der Waals surface area contributed by atoms with Gasteiger partial charge in [-0.05, 0) is 48.6 Å². The van der Waals surface area contributed by atoms with E-state index in [4.69, 9.17) is 0 Å². The standard InChI is InChI=1S/C26H27N7O2/c1-4-5-10-21-20(23(34)27-25-28-24(35)26(2,3)33(21)25)15-16-11-13-17(14-12-16)18-8-6-7-9-19(18)22-29-31-32-30-22/h6-9,11-14H,4-5,10,15H2,1-3H3,(H,27,28,34,35)(H,29,30,31,32). The fraction of sp³-hybridized carbons (Fsp3) is 0.308. The minimum absolute atomic E-state index is 0.149. The Kier molecular flexibility index (Phi) is 5.76. The van der Waals surface area contributed by atoms with E-state index in [0.29, 0.717) is 30.2 Å². The van der Waals surface area contributed by atoms with Crippen molar-refractivity contribution in [1.29, 1.82) is 0 Å². The lowest BCUT2D eigenvalue weighted by molar-refractivity contribution is -0.121. The van der Waals surface area contributed by atoms with Gasteiger partial charge in [0.2, 0.25) is 11.8 Å². The summed E-state index contributed by atoms with van der Waals surface area (Å²) in [6.07, 6.45) is 3.07. The molecule has 0 fully saturated rings. The lowest BCUT2D eigenvalue weighted by Crippen LogP contribution is -2.35. The molecule has 0 saturated carbocycles. The van der Waals surface area contributed by atoms with Crippen molar-refractivity contribution in [3.05, 3.63) is 75.7 Å². The number of aromatic nitrogens is 6. The predicted octanol–water partition coefficient (Wildman–Crippen LogP) is 3.71. The average Bonchev–Trinajstić information content (AvgIpc) is 3.46. The second-order valence-electron chi connectivity index (χ2n) is 9.27. The molecule has 1 amide bonds. The Morgan fingerprint density at radius 3 is 2.43 bits per heavy atom. The third kappa shape index (κ3) is 4.03. The maximum Gasteiger partial charge on any atom is 0.278 e. The van der Waals surface area contributed by atoms with Crippen molar-refractivity contribution in [3.63, 3.8) is 0 Å². The van der Waals surface area contributed by atoms with Gasteiger partial charge >= 0.3 is 0 Å². The number of nitrogens with zero attached hydrogens (tertiary/aromatic N) is 5. The van der Waals surface area contributed by atoms with Crippen LogP contribution in [0, 0.1) is 0 Å². The molecular weight excluding hydrogens is 442 g/mol. The number of unbranched alkanes of at least 4 members (excludes halogenated alkanes) is 1. The number of hydrogen-bond acceptors (Lipinski definition) is 6. The Hall–Kier alpha value is -4.14. The number of benzene rings is 2. The molecule has 1 aliphatic heterocycles. The second-order valence-corrected chi connectivity index (χ2v) is 9.27. The molecule has 1 aliphatic rings. The van der Waals surface area contributed by atoms with Crippen molar-refractivity contribution in [2.24, 2.45) is 0 Å². The maximum absolute atomic E-state index is 13.1. The number of anilines is 1. The van der Waals surface area contributed by atoms with Crippen LogP contribution in [-0.4, -0.2) is 36.1 Å². The normalized spacial score (nSPS) is 14.1. The highest BCUT2D eigenvalue weighted by Gasteiger charge is 2.40. The number of fused-ring (bicyclic) bond motifs is 1. The van der Waals surface area contributed by atoms with Gasteiger partial charge in [0, 0.05) is 23.2 Å². The van der Waals surface area contributed by atoms with E-state index in [1.165, 1.54) is 0 Å². The van der Waals surface area contributed by atoms with Gasteiger partial charge in [-0.25, -0.2) is 0 Å². The van der Waals surface area contributed by atoms with E-state index in [1.54, 1.807) is 0 Å². The predicted molar refractivity (Wildman–Crippen MR) is 133 cm³/mol. The molecule has 3 heterocycles. The van der Waals surface area contributed by atoms with Crippen molar-refractivity contribution in [3.8, 4) is 22.5 Å². The Morgan fingerprint density at radius 2 is 1.74 bits per heavy atom. The highest BCUT2D eigenvalue weighted by Crippen LogP contribution is 2.33. The van der Waals surface area contributed by atoms with Crippen LogP contribution in [0.3, 0.4) is 0 Å². The van der Waals surface area contributed by atoms with Crippen LogP contribution in [0.1, 0.15) is 50.4 Å². The maximum atomic E-state index is 13.1. The van der Waals surface area contributed by atoms with Crippen LogP contribution in [0.25, 0.3) is 22.5 Å². The molecule has 4 aromatic rings. The zero-order chi connectivity index (χ0) is 24.6. The van der Waals surface area contributed by atoms with E-state index < -0.39 is 5.54 Å². The summed E-state index contributed by atoms with van der Waals surface area (Å²) in [7, 11) is 0. The molecule has 2 aromatic heterocycles. The van der Waals surface area contributed by atoms with E-state index in [0.717, 1.165) is 40.8 Å². The third-order valence-corrected chi connectivity index (χ3v) is 6.56. The minimum atomic E-state index is -0.795. The Morgan fingerprint density at radius 1 is 1.00 bits per heavy atom. The van der Waals surface area contributed by atoms with Crippen LogP contribution in [0.2, 0.25) is 0 Å². The summed E-state index contributed by atoms with van der Waals surface area (Å²) in [6.45, 7) is 5.84. The van der Waals surface area contributed by atoms with Gasteiger partial charge in [-0.1, -0.05) is 61.9 Å². The summed E-state index contributed by atoms with van der Waals surface area (Å²) in [5.41, 5.74) is 4.34. The average molecular weight is 470 g/mol. The van der Waals surface area contributed by atoms with E-state index in [9.17, 15) is 9.59 Å². The monoisotopic (exact) mass is 469 g/mol. The van der Waals surface area contributed by atoms with Crippen molar-refractivity contribution >= 4 is 11.9 Å². The smallest absolute Gasteiger partial charge is 0.278 e. The van der Waals surface area contributed by atoms with Crippen LogP contribution < -0.4 is 10.9 Å². The molecule has 178 valence electrons. The van der Waals surface area contributed by atoms with Crippen LogP contribution in [0.4, 0.5) is 5.95 Å². The molecule has 9 heteroatoms. The van der Waals surface area contributed by atoms with E-state index in [1.807, 2.05) is 66.9 Å². The lowest BCUT2D eigenvalue weighted by Gasteiger charge is -2.24. The van der Waals surface area contributed by atoms with Crippen LogP contribution in [0.15, 0.2) is 53.3 Å². The Bertz CT molecular complexity index is 1440. The fourth-order valence-corrected chi connectivity index (χ4v) is 4.64. The molecule has 0 bridgehead atoms. The quantitative estimate of drug-likeness (QED) is 0.426. The number of H-pyrrole nitrogens is 1. The van der Waals surface area contributed by atoms with Gasteiger partial charge in [0.15, 0.2) is 0 Å². The summed E-state index contributed by atoms with van der Waals surface area (Å²) >= 11 is 0. The zero-order valence-corrected chi connectivity index (χ0v) is 20.0. The Balaban J connectivity index is 1.51. The largest absolute Gasteiger partial charge is 0.301 e. The van der Waals surface area contributed by atoms with Gasteiger partial charge < -0.3 is 4.57 Å². The first-order valence-corrected chi connectivity index (χ1v) is 11.8. The van der Waals surface area contributed by atoms with Crippen LogP contribution in [-0.2, 0) is 23.2 Å². The number of carbonyl (C=O) groups is 1. The highest BCUT2D eigenvalue weighted by molar-refractivity contribution is 5.98. The second kappa shape index (κ2) is 8.90. The first kappa shape index (κ1) is 22.6. The molecule has 0 unspecified atom stereocenters. The van der Waals surface area contributed by atoms with E-state index in [2.05, 4.69) is 37.8 Å². The molecule has 2 aromatic carbocycles. The summed E-state index contributed by atoms with van der Waals surface area (Å²) in [4.78, 5) is 29.8. The molecule has 0 radical (unpaired) electrons. The molecule has 35 heavy (non-hydrogen) atoms.